The normalized spacial score (nSPS) is 18.0. The number of aromatic nitrogens is 2. The Balaban J connectivity index is 0.00000133. The maximum absolute atomic E-state index is 11.9. The highest BCUT2D eigenvalue weighted by molar-refractivity contribution is 7.18. The minimum Gasteiger partial charge on any atom is -0.462 e. The quantitative estimate of drug-likeness (QED) is 0.905. The first-order valence-corrected chi connectivity index (χ1v) is 6.56. The molecule has 0 radical (unpaired) electrons. The van der Waals surface area contributed by atoms with Crippen molar-refractivity contribution in [3.63, 3.8) is 0 Å². The van der Waals surface area contributed by atoms with Gasteiger partial charge in [0.25, 0.3) is 0 Å². The van der Waals surface area contributed by atoms with Crippen LogP contribution in [0.4, 0.5) is 5.13 Å². The Kier molecular flexibility index (Phi) is 4.52. The van der Waals surface area contributed by atoms with E-state index in [0.717, 1.165) is 19.4 Å². The van der Waals surface area contributed by atoms with Crippen molar-refractivity contribution in [3.8, 4) is 10.8 Å². The number of nitrogens with one attached hydrogen (secondary N) is 2. The van der Waals surface area contributed by atoms with Gasteiger partial charge in [0.15, 0.2) is 10.8 Å². The molecule has 2 aromatic heterocycles. The summed E-state index contributed by atoms with van der Waals surface area (Å²) in [6.45, 7) is 0.895. The molecule has 1 amide bonds. The molecule has 0 aliphatic carbocycles. The minimum atomic E-state index is -0.110. The van der Waals surface area contributed by atoms with Gasteiger partial charge in [-0.15, -0.1) is 22.6 Å². The summed E-state index contributed by atoms with van der Waals surface area (Å²) in [7, 11) is 0. The monoisotopic (exact) mass is 300 g/mol. The van der Waals surface area contributed by atoms with Crippen LogP contribution in [0, 0.1) is 0 Å². The van der Waals surface area contributed by atoms with Gasteiger partial charge in [0, 0.05) is 0 Å². The summed E-state index contributed by atoms with van der Waals surface area (Å²) in [4.78, 5) is 11.9. The molecule has 0 spiro atoms. The highest BCUT2D eigenvalue weighted by Crippen LogP contribution is 2.26. The molecule has 0 saturated carbocycles. The summed E-state index contributed by atoms with van der Waals surface area (Å²) < 4.78 is 5.22. The molecule has 19 heavy (non-hydrogen) atoms. The van der Waals surface area contributed by atoms with Gasteiger partial charge in [-0.2, -0.15) is 0 Å². The van der Waals surface area contributed by atoms with Crippen molar-refractivity contribution in [1.29, 1.82) is 0 Å². The number of rotatable bonds is 3. The third-order valence-corrected chi connectivity index (χ3v) is 3.62. The Hall–Kier alpha value is -1.44. The number of anilines is 1. The molecule has 1 aliphatic heterocycles. The zero-order valence-electron chi connectivity index (χ0n) is 9.96. The van der Waals surface area contributed by atoms with E-state index >= 15 is 0 Å². The van der Waals surface area contributed by atoms with E-state index in [1.54, 1.807) is 12.3 Å². The largest absolute Gasteiger partial charge is 0.462 e. The van der Waals surface area contributed by atoms with Gasteiger partial charge in [-0.05, 0) is 31.5 Å². The highest BCUT2D eigenvalue weighted by Gasteiger charge is 2.23. The number of nitrogens with zero attached hydrogens (tertiary/aromatic N) is 2. The van der Waals surface area contributed by atoms with Crippen molar-refractivity contribution >= 4 is 34.8 Å². The minimum absolute atomic E-state index is 0. The smallest absolute Gasteiger partial charge is 0.243 e. The van der Waals surface area contributed by atoms with Crippen molar-refractivity contribution in [3.05, 3.63) is 18.4 Å². The lowest BCUT2D eigenvalue weighted by molar-refractivity contribution is -0.117. The van der Waals surface area contributed by atoms with Crippen LogP contribution in [0.25, 0.3) is 10.8 Å². The number of hydrogen-bond acceptors (Lipinski definition) is 6. The Morgan fingerprint density at radius 1 is 1.53 bits per heavy atom. The predicted octanol–water partition coefficient (Wildman–Crippen LogP) is 1.91. The topological polar surface area (TPSA) is 80.1 Å². The van der Waals surface area contributed by atoms with Crippen LogP contribution >= 0.6 is 23.7 Å². The fourth-order valence-corrected chi connectivity index (χ4v) is 2.59. The number of hydrogen-bond donors (Lipinski definition) is 2. The van der Waals surface area contributed by atoms with E-state index in [4.69, 9.17) is 4.42 Å². The van der Waals surface area contributed by atoms with Gasteiger partial charge < -0.3 is 9.73 Å². The summed E-state index contributed by atoms with van der Waals surface area (Å²) >= 11 is 1.30. The zero-order valence-corrected chi connectivity index (χ0v) is 11.6. The maximum Gasteiger partial charge on any atom is 0.243 e. The van der Waals surface area contributed by atoms with Crippen LogP contribution in [0.5, 0.6) is 0 Å². The van der Waals surface area contributed by atoms with E-state index in [2.05, 4.69) is 20.8 Å². The first-order chi connectivity index (χ1) is 8.83. The van der Waals surface area contributed by atoms with Crippen LogP contribution in [0.15, 0.2) is 22.8 Å². The van der Waals surface area contributed by atoms with Gasteiger partial charge in [-0.1, -0.05) is 11.3 Å². The number of amides is 1. The van der Waals surface area contributed by atoms with Crippen molar-refractivity contribution in [2.45, 2.75) is 18.9 Å². The first kappa shape index (κ1) is 14.0. The van der Waals surface area contributed by atoms with Gasteiger partial charge in [-0.25, -0.2) is 0 Å². The van der Waals surface area contributed by atoms with Gasteiger partial charge in [0.2, 0.25) is 11.0 Å². The second-order valence-corrected chi connectivity index (χ2v) is 5.01. The van der Waals surface area contributed by atoms with Gasteiger partial charge in [0.1, 0.15) is 0 Å². The van der Waals surface area contributed by atoms with Crippen molar-refractivity contribution in [1.82, 2.24) is 15.5 Å². The summed E-state index contributed by atoms with van der Waals surface area (Å²) in [6, 6.07) is 3.49. The lowest BCUT2D eigenvalue weighted by atomic mass is 10.2. The molecule has 102 valence electrons. The lowest BCUT2D eigenvalue weighted by Crippen LogP contribution is -2.35. The molecule has 1 saturated heterocycles. The molecule has 2 N–H and O–H groups in total. The predicted molar refractivity (Wildman–Crippen MR) is 74.5 cm³/mol. The number of halogens is 1. The Morgan fingerprint density at radius 3 is 3.11 bits per heavy atom. The number of carbonyl (C=O) groups excluding carboxylic acids is 1. The van der Waals surface area contributed by atoms with Crippen LogP contribution < -0.4 is 10.6 Å². The Morgan fingerprint density at radius 2 is 2.42 bits per heavy atom. The van der Waals surface area contributed by atoms with Crippen molar-refractivity contribution in [2.75, 3.05) is 11.9 Å². The molecule has 1 fully saturated rings. The molecule has 3 rings (SSSR count). The van der Waals surface area contributed by atoms with E-state index in [1.165, 1.54) is 11.3 Å². The molecule has 1 unspecified atom stereocenters. The fourth-order valence-electron chi connectivity index (χ4n) is 1.87. The third kappa shape index (κ3) is 3.12. The zero-order chi connectivity index (χ0) is 12.4. The van der Waals surface area contributed by atoms with E-state index in [-0.39, 0.29) is 24.4 Å². The fraction of sp³-hybridized carbons (Fsp3) is 0.364. The average molecular weight is 301 g/mol. The second-order valence-electron chi connectivity index (χ2n) is 4.03. The van der Waals surface area contributed by atoms with Crippen molar-refractivity contribution in [2.24, 2.45) is 0 Å². The van der Waals surface area contributed by atoms with E-state index in [1.807, 2.05) is 6.07 Å². The summed E-state index contributed by atoms with van der Waals surface area (Å²) in [5.74, 6) is 0.613. The van der Waals surface area contributed by atoms with Gasteiger partial charge >= 0.3 is 0 Å². The molecule has 1 atom stereocenters. The van der Waals surface area contributed by atoms with Crippen LogP contribution in [0.2, 0.25) is 0 Å². The third-order valence-electron chi connectivity index (χ3n) is 2.76. The summed E-state index contributed by atoms with van der Waals surface area (Å²) in [5, 5.41) is 15.0. The van der Waals surface area contributed by atoms with Crippen LogP contribution in [-0.2, 0) is 4.79 Å². The van der Waals surface area contributed by atoms with Gasteiger partial charge in [-0.3, -0.25) is 10.1 Å². The van der Waals surface area contributed by atoms with E-state index < -0.39 is 0 Å². The Labute approximate surface area is 120 Å². The number of furan rings is 1. The standard InChI is InChI=1S/C11H12N4O2S.ClH/c16-9(7-3-1-5-12-7)13-11-15-14-10(18-11)8-4-2-6-17-8;/h2,4,6-7,12H,1,3,5H2,(H,13,15,16);1H. The van der Waals surface area contributed by atoms with Crippen LogP contribution in [0.1, 0.15) is 12.8 Å². The second kappa shape index (κ2) is 6.14. The average Bonchev–Trinajstić information content (AvgIpc) is 3.12. The summed E-state index contributed by atoms with van der Waals surface area (Å²) in [5.41, 5.74) is 0. The lowest BCUT2D eigenvalue weighted by Gasteiger charge is -2.07. The van der Waals surface area contributed by atoms with E-state index in [9.17, 15) is 4.79 Å². The first-order valence-electron chi connectivity index (χ1n) is 5.74. The molecule has 8 heteroatoms. The van der Waals surface area contributed by atoms with E-state index in [0.29, 0.717) is 15.9 Å². The Bertz CT molecular complexity index is 537. The molecular weight excluding hydrogens is 288 g/mol. The van der Waals surface area contributed by atoms with Gasteiger partial charge in [0.05, 0.1) is 12.3 Å². The molecule has 1 aliphatic rings. The molecule has 0 bridgehead atoms. The molecule has 0 aromatic carbocycles. The van der Waals surface area contributed by atoms with Crippen LogP contribution in [0.3, 0.4) is 0 Å². The molecular formula is C11H13ClN4O2S. The summed E-state index contributed by atoms with van der Waals surface area (Å²) in [6.07, 6.45) is 3.49. The highest BCUT2D eigenvalue weighted by atomic mass is 35.5. The maximum atomic E-state index is 11.9. The number of carbonyl (C=O) groups is 1. The molecule has 3 heterocycles. The SMILES string of the molecule is Cl.O=C(Nc1nnc(-c2ccco2)s1)C1CCCN1. The van der Waals surface area contributed by atoms with Crippen LogP contribution in [-0.4, -0.2) is 28.7 Å². The van der Waals surface area contributed by atoms with Crippen molar-refractivity contribution < 1.29 is 9.21 Å². The molecule has 6 nitrogen and oxygen atoms in total. The molecule has 2 aromatic rings.